The maximum atomic E-state index is 13.2. The molecule has 3 rings (SSSR count). The number of carbonyl (C=O) groups is 1. The highest BCUT2D eigenvalue weighted by atomic mass is 32.2. The molecule has 1 N–H and O–H groups in total. The van der Waals surface area contributed by atoms with Gasteiger partial charge in [0.05, 0.1) is 56.1 Å². The van der Waals surface area contributed by atoms with E-state index in [4.69, 9.17) is 10.0 Å². The number of nitrogens with zero attached hydrogens (tertiary/aromatic N) is 4. The van der Waals surface area contributed by atoms with Crippen LogP contribution in [0.1, 0.15) is 29.7 Å². The zero-order valence-electron chi connectivity index (χ0n) is 16.8. The van der Waals surface area contributed by atoms with Gasteiger partial charge in [-0.3, -0.25) is 9.68 Å². The van der Waals surface area contributed by atoms with Crippen molar-refractivity contribution in [3.8, 4) is 12.1 Å². The van der Waals surface area contributed by atoms with Crippen LogP contribution < -0.4 is 4.90 Å². The molecule has 2 aromatic carbocycles. The van der Waals surface area contributed by atoms with Crippen LogP contribution in [-0.2, 0) is 16.8 Å². The van der Waals surface area contributed by atoms with Crippen LogP contribution in [0.15, 0.2) is 58.6 Å². The molecule has 0 saturated heterocycles. The highest BCUT2D eigenvalue weighted by Crippen LogP contribution is 2.41. The largest absolute Gasteiger partial charge is 0.416 e. The van der Waals surface area contributed by atoms with Crippen molar-refractivity contribution >= 4 is 22.3 Å². The Bertz CT molecular complexity index is 1290. The van der Waals surface area contributed by atoms with Crippen molar-refractivity contribution < 1.29 is 22.2 Å². The fourth-order valence-corrected chi connectivity index (χ4v) is 4.26. The van der Waals surface area contributed by atoms with Crippen LogP contribution in [0.4, 0.5) is 23.7 Å². The molecule has 11 heteroatoms. The summed E-state index contributed by atoms with van der Waals surface area (Å²) in [5.41, 5.74) is -0.473. The molecule has 1 aliphatic heterocycles. The highest BCUT2D eigenvalue weighted by molar-refractivity contribution is 7.73. The number of hydrogen-bond donors (Lipinski definition) is 2. The van der Waals surface area contributed by atoms with Gasteiger partial charge in [-0.25, -0.2) is 9.00 Å². The summed E-state index contributed by atoms with van der Waals surface area (Å²) in [7, 11) is -1.31. The number of alkyl halides is 3. The number of urea groups is 1. The molecule has 0 aromatic heterocycles. The van der Waals surface area contributed by atoms with Gasteiger partial charge in [0.1, 0.15) is 0 Å². The third kappa shape index (κ3) is 3.90. The number of rotatable bonds is 3. The van der Waals surface area contributed by atoms with Crippen LogP contribution >= 0.6 is 0 Å². The number of hydrogen-bond acceptors (Lipinski definition) is 5. The molecule has 0 fully saturated rings. The Morgan fingerprint density at radius 2 is 1.81 bits per heavy atom. The molecule has 32 heavy (non-hydrogen) atoms. The van der Waals surface area contributed by atoms with Crippen LogP contribution in [0.3, 0.4) is 0 Å². The molecule has 0 saturated carbocycles. The molecule has 7 nitrogen and oxygen atoms in total. The van der Waals surface area contributed by atoms with E-state index in [1.807, 2.05) is 12.1 Å². The molecule has 0 spiro atoms. The quantitative estimate of drug-likeness (QED) is 0.654. The van der Waals surface area contributed by atoms with Crippen LogP contribution in [0.25, 0.3) is 0 Å². The number of nitriles is 2. The molecular formula is C21H16F3N5O2S. The van der Waals surface area contributed by atoms with E-state index in [0.29, 0.717) is 0 Å². The lowest BCUT2D eigenvalue weighted by atomic mass is 9.93. The molecule has 0 aliphatic carbocycles. The molecule has 2 aromatic rings. The van der Waals surface area contributed by atoms with Crippen LogP contribution in [0, 0.1) is 27.4 Å². The van der Waals surface area contributed by atoms with E-state index >= 15 is 0 Å². The van der Waals surface area contributed by atoms with Crippen LogP contribution in [0.5, 0.6) is 0 Å². The van der Waals surface area contributed by atoms with Gasteiger partial charge >= 0.3 is 12.2 Å². The van der Waals surface area contributed by atoms with Crippen molar-refractivity contribution in [2.45, 2.75) is 24.0 Å². The molecule has 1 aliphatic rings. The Morgan fingerprint density at radius 1 is 1.12 bits per heavy atom. The third-order valence-corrected chi connectivity index (χ3v) is 5.93. The second-order valence-electron chi connectivity index (χ2n) is 6.97. The van der Waals surface area contributed by atoms with E-state index < -0.39 is 34.4 Å². The van der Waals surface area contributed by atoms with Gasteiger partial charge in [0, 0.05) is 12.7 Å². The number of allylic oxidation sites excluding steroid dienone is 1. The Morgan fingerprint density at radius 3 is 2.38 bits per heavy atom. The Hall–Kier alpha value is -3.83. The monoisotopic (exact) mass is 459 g/mol. The van der Waals surface area contributed by atoms with Crippen LogP contribution in [-0.4, -0.2) is 22.2 Å². The van der Waals surface area contributed by atoms with E-state index in [1.165, 1.54) is 44.3 Å². The first-order chi connectivity index (χ1) is 15.0. The predicted octanol–water partition coefficient (Wildman–Crippen LogP) is 4.59. The van der Waals surface area contributed by atoms with Gasteiger partial charge < -0.3 is 4.90 Å². The summed E-state index contributed by atoms with van der Waals surface area (Å²) in [4.78, 5) is 15.3. The number of carbonyl (C=O) groups excluding carboxylic acids is 1. The number of thiol groups is 1. The first kappa shape index (κ1) is 22.8. The standard InChI is InChI=1S/C21H16F3N5O2S/c1-12-17(11-26)19(16-7-6-13(10-25)8-18(16)32(27)31)28(2)20(30)29(12)15-5-3-4-14(9-15)21(22,23)24/h3-9,19,27,32H,1-2H3/t19-/m1/s1. The van der Waals surface area contributed by atoms with E-state index in [0.717, 1.165) is 21.9 Å². The first-order valence-corrected chi connectivity index (χ1v) is 10.3. The second-order valence-corrected chi connectivity index (χ2v) is 8.04. The Kier molecular flexibility index (Phi) is 5.97. The van der Waals surface area contributed by atoms with E-state index in [1.54, 1.807) is 0 Å². The SMILES string of the molecule is CC1=C(C#N)[C@@H](c2ccc(C#N)cc2[SH](=N)=O)N(C)C(=O)N1c1cccc(C(F)(F)F)c1. The van der Waals surface area contributed by atoms with Gasteiger partial charge in [0.25, 0.3) is 0 Å². The number of halogens is 3. The maximum absolute atomic E-state index is 13.2. The summed E-state index contributed by atoms with van der Waals surface area (Å²) in [6.07, 6.45) is -4.62. The summed E-state index contributed by atoms with van der Waals surface area (Å²) in [5.74, 6) is 0. The molecule has 164 valence electrons. The molecule has 1 unspecified atom stereocenters. The third-order valence-electron chi connectivity index (χ3n) is 5.10. The molecule has 0 radical (unpaired) electrons. The topological polar surface area (TPSA) is 112 Å². The lowest BCUT2D eigenvalue weighted by molar-refractivity contribution is -0.137. The Balaban J connectivity index is 2.22. The van der Waals surface area contributed by atoms with Crippen molar-refractivity contribution in [2.24, 2.45) is 0 Å². The zero-order valence-corrected chi connectivity index (χ0v) is 17.7. The molecule has 2 atom stereocenters. The lowest BCUT2D eigenvalue weighted by Gasteiger charge is -2.40. The minimum Gasteiger partial charge on any atom is -0.315 e. The van der Waals surface area contributed by atoms with Crippen molar-refractivity contribution in [1.29, 1.82) is 15.3 Å². The summed E-state index contributed by atoms with van der Waals surface area (Å²) < 4.78 is 59.2. The van der Waals surface area contributed by atoms with Crippen molar-refractivity contribution in [3.63, 3.8) is 0 Å². The normalized spacial score (nSPS) is 17.7. The average Bonchev–Trinajstić information content (AvgIpc) is 2.75. The van der Waals surface area contributed by atoms with Crippen molar-refractivity contribution in [1.82, 2.24) is 4.90 Å². The molecular weight excluding hydrogens is 443 g/mol. The number of benzene rings is 2. The Labute approximate surface area is 183 Å². The van der Waals surface area contributed by atoms with Crippen molar-refractivity contribution in [3.05, 3.63) is 70.4 Å². The number of nitrogens with one attached hydrogen (secondary N) is 1. The second kappa shape index (κ2) is 8.36. The van der Waals surface area contributed by atoms with Gasteiger partial charge in [-0.15, -0.1) is 0 Å². The molecule has 0 bridgehead atoms. The zero-order chi connectivity index (χ0) is 23.8. The predicted molar refractivity (Wildman–Crippen MR) is 110 cm³/mol. The summed E-state index contributed by atoms with van der Waals surface area (Å²) in [6, 6.07) is 10.4. The maximum Gasteiger partial charge on any atom is 0.416 e. The van der Waals surface area contributed by atoms with Crippen LogP contribution in [0.2, 0.25) is 0 Å². The highest BCUT2D eigenvalue weighted by Gasteiger charge is 2.40. The van der Waals surface area contributed by atoms with E-state index in [-0.39, 0.29) is 33.0 Å². The van der Waals surface area contributed by atoms with Gasteiger partial charge in [-0.05, 0) is 42.8 Å². The van der Waals surface area contributed by atoms with Gasteiger partial charge in [0.2, 0.25) is 0 Å². The summed E-state index contributed by atoms with van der Waals surface area (Å²) >= 11 is 0. The molecule has 1 heterocycles. The fraction of sp³-hybridized carbons (Fsp3) is 0.190. The molecule has 2 amide bonds. The van der Waals surface area contributed by atoms with Crippen molar-refractivity contribution in [2.75, 3.05) is 11.9 Å². The number of anilines is 1. The number of likely N-dealkylation sites (N-methyl/N-ethyl adjacent to an activating group) is 1. The van der Waals surface area contributed by atoms with Gasteiger partial charge in [-0.2, -0.15) is 23.7 Å². The smallest absolute Gasteiger partial charge is 0.315 e. The van der Waals surface area contributed by atoms with Gasteiger partial charge in [0.15, 0.2) is 0 Å². The van der Waals surface area contributed by atoms with E-state index in [9.17, 15) is 27.4 Å². The van der Waals surface area contributed by atoms with E-state index in [2.05, 4.69) is 0 Å². The average molecular weight is 459 g/mol. The summed E-state index contributed by atoms with van der Waals surface area (Å²) in [5, 5.41) is 19.0. The summed E-state index contributed by atoms with van der Waals surface area (Å²) in [6.45, 7) is 1.43. The number of amides is 2. The minimum absolute atomic E-state index is 0.00299. The fourth-order valence-electron chi connectivity index (χ4n) is 3.58. The van der Waals surface area contributed by atoms with Gasteiger partial charge in [-0.1, -0.05) is 12.1 Å². The lowest BCUT2D eigenvalue weighted by Crippen LogP contribution is -2.47. The first-order valence-electron chi connectivity index (χ1n) is 9.08. The minimum atomic E-state index is -4.62.